The molecule has 1 saturated heterocycles. The smallest absolute Gasteiger partial charge is 0.244 e. The first-order valence-corrected chi connectivity index (χ1v) is 10.1. The van der Waals surface area contributed by atoms with Gasteiger partial charge in [-0.05, 0) is 46.3 Å². The Morgan fingerprint density at radius 3 is 2.27 bits per heavy atom. The maximum Gasteiger partial charge on any atom is 0.244 e. The summed E-state index contributed by atoms with van der Waals surface area (Å²) in [7, 11) is -3.70. The molecule has 1 heterocycles. The summed E-state index contributed by atoms with van der Waals surface area (Å²) < 4.78 is 28.0. The molecule has 0 spiro atoms. The second-order valence-corrected chi connectivity index (χ2v) is 8.54. The molecular formula is C18H15BrN4O2S. The Morgan fingerprint density at radius 1 is 0.962 bits per heavy atom. The normalized spacial score (nSPS) is 15.3. The zero-order valence-corrected chi connectivity index (χ0v) is 16.2. The molecule has 0 aliphatic carbocycles. The van der Waals surface area contributed by atoms with Gasteiger partial charge in [-0.15, -0.1) is 0 Å². The van der Waals surface area contributed by atoms with Crippen molar-refractivity contribution in [2.24, 2.45) is 0 Å². The van der Waals surface area contributed by atoms with E-state index < -0.39 is 10.0 Å². The summed E-state index contributed by atoms with van der Waals surface area (Å²) in [5.41, 5.74) is 1.65. The van der Waals surface area contributed by atoms with Crippen LogP contribution in [0.25, 0.3) is 0 Å². The molecule has 0 saturated carbocycles. The number of benzene rings is 2. The van der Waals surface area contributed by atoms with Crippen molar-refractivity contribution in [1.29, 1.82) is 10.5 Å². The molecule has 0 aromatic heterocycles. The fourth-order valence-electron chi connectivity index (χ4n) is 2.93. The van der Waals surface area contributed by atoms with Crippen molar-refractivity contribution in [3.8, 4) is 12.1 Å². The maximum absolute atomic E-state index is 12.9. The van der Waals surface area contributed by atoms with Crippen molar-refractivity contribution < 1.29 is 8.42 Å². The zero-order chi connectivity index (χ0) is 18.7. The molecule has 0 bridgehead atoms. The molecule has 0 atom stereocenters. The molecule has 1 fully saturated rings. The number of nitriles is 2. The molecular weight excluding hydrogens is 416 g/mol. The van der Waals surface area contributed by atoms with E-state index in [-0.39, 0.29) is 10.5 Å². The van der Waals surface area contributed by atoms with Crippen LogP contribution in [0, 0.1) is 22.7 Å². The standard InChI is InChI=1S/C18H15BrN4O2S/c19-16-11-14(12-20)5-6-17(16)22-7-9-23(10-8-22)26(24,25)18-4-2-1-3-15(18)13-21/h1-6,11H,7-10H2. The van der Waals surface area contributed by atoms with Gasteiger partial charge in [0.05, 0.1) is 27.8 Å². The lowest BCUT2D eigenvalue weighted by Crippen LogP contribution is -2.48. The van der Waals surface area contributed by atoms with E-state index in [1.54, 1.807) is 24.3 Å². The number of nitrogens with zero attached hydrogens (tertiary/aromatic N) is 4. The number of piperazine rings is 1. The minimum absolute atomic E-state index is 0.0514. The lowest BCUT2D eigenvalue weighted by molar-refractivity contribution is 0.384. The third-order valence-corrected chi connectivity index (χ3v) is 6.87. The van der Waals surface area contributed by atoms with Gasteiger partial charge in [0.1, 0.15) is 6.07 Å². The minimum Gasteiger partial charge on any atom is -0.368 e. The zero-order valence-electron chi connectivity index (χ0n) is 13.8. The largest absolute Gasteiger partial charge is 0.368 e. The Kier molecular flexibility index (Phi) is 5.28. The molecule has 0 unspecified atom stereocenters. The van der Waals surface area contributed by atoms with Crippen LogP contribution in [0.5, 0.6) is 0 Å². The van der Waals surface area contributed by atoms with Crippen LogP contribution in [0.2, 0.25) is 0 Å². The summed E-state index contributed by atoms with van der Waals surface area (Å²) in [5.74, 6) is 0. The van der Waals surface area contributed by atoms with Gasteiger partial charge in [0, 0.05) is 30.7 Å². The average molecular weight is 431 g/mol. The van der Waals surface area contributed by atoms with Gasteiger partial charge in [-0.1, -0.05) is 12.1 Å². The van der Waals surface area contributed by atoms with Crippen LogP contribution >= 0.6 is 15.9 Å². The predicted octanol–water partition coefficient (Wildman–Crippen LogP) is 2.70. The number of sulfonamides is 1. The SMILES string of the molecule is N#Cc1ccc(N2CCN(S(=O)(=O)c3ccccc3C#N)CC2)c(Br)c1. The van der Waals surface area contributed by atoms with E-state index in [1.807, 2.05) is 12.1 Å². The molecule has 0 amide bonds. The Hall–Kier alpha value is -2.39. The van der Waals surface area contributed by atoms with Crippen molar-refractivity contribution in [1.82, 2.24) is 4.31 Å². The van der Waals surface area contributed by atoms with Gasteiger partial charge in [-0.3, -0.25) is 0 Å². The van der Waals surface area contributed by atoms with Gasteiger partial charge in [-0.2, -0.15) is 14.8 Å². The summed E-state index contributed by atoms with van der Waals surface area (Å²) in [5, 5.41) is 18.1. The molecule has 2 aromatic carbocycles. The summed E-state index contributed by atoms with van der Waals surface area (Å²) in [6, 6.07) is 15.6. The van der Waals surface area contributed by atoms with Gasteiger partial charge in [0.2, 0.25) is 10.0 Å². The van der Waals surface area contributed by atoms with Crippen LogP contribution in [0.15, 0.2) is 51.8 Å². The molecule has 0 radical (unpaired) electrons. The van der Waals surface area contributed by atoms with Crippen molar-refractivity contribution >= 4 is 31.6 Å². The highest BCUT2D eigenvalue weighted by molar-refractivity contribution is 9.10. The third kappa shape index (κ3) is 3.45. The molecule has 0 N–H and O–H groups in total. The molecule has 1 aliphatic rings. The van der Waals surface area contributed by atoms with E-state index in [0.29, 0.717) is 31.7 Å². The van der Waals surface area contributed by atoms with Crippen LogP contribution < -0.4 is 4.90 Å². The Balaban J connectivity index is 1.78. The Morgan fingerprint density at radius 2 is 1.65 bits per heavy atom. The van der Waals surface area contributed by atoms with Crippen LogP contribution in [0.1, 0.15) is 11.1 Å². The number of hydrogen-bond donors (Lipinski definition) is 0. The van der Waals surface area contributed by atoms with Crippen LogP contribution in [0.3, 0.4) is 0 Å². The van der Waals surface area contributed by atoms with E-state index in [0.717, 1.165) is 10.2 Å². The topological polar surface area (TPSA) is 88.2 Å². The van der Waals surface area contributed by atoms with Gasteiger partial charge in [0.25, 0.3) is 0 Å². The summed E-state index contributed by atoms with van der Waals surface area (Å²) in [6.07, 6.45) is 0. The maximum atomic E-state index is 12.9. The first-order valence-electron chi connectivity index (χ1n) is 7.91. The van der Waals surface area contributed by atoms with E-state index in [9.17, 15) is 13.7 Å². The third-order valence-electron chi connectivity index (χ3n) is 4.28. The van der Waals surface area contributed by atoms with E-state index in [1.165, 1.54) is 16.4 Å². The summed E-state index contributed by atoms with van der Waals surface area (Å²) in [6.45, 7) is 1.71. The van der Waals surface area contributed by atoms with Gasteiger partial charge >= 0.3 is 0 Å². The van der Waals surface area contributed by atoms with E-state index in [2.05, 4.69) is 26.9 Å². The molecule has 1 aliphatic heterocycles. The van der Waals surface area contributed by atoms with Crippen LogP contribution in [-0.2, 0) is 10.0 Å². The second kappa shape index (κ2) is 7.46. The minimum atomic E-state index is -3.70. The molecule has 8 heteroatoms. The van der Waals surface area contributed by atoms with Gasteiger partial charge < -0.3 is 4.90 Å². The van der Waals surface area contributed by atoms with Crippen molar-refractivity contribution in [3.63, 3.8) is 0 Å². The first kappa shape index (κ1) is 18.4. The molecule has 6 nitrogen and oxygen atoms in total. The van der Waals surface area contributed by atoms with E-state index >= 15 is 0 Å². The number of anilines is 1. The predicted molar refractivity (Wildman–Crippen MR) is 101 cm³/mol. The highest BCUT2D eigenvalue weighted by Gasteiger charge is 2.30. The molecule has 26 heavy (non-hydrogen) atoms. The Labute approximate surface area is 161 Å². The van der Waals surface area contributed by atoms with Crippen molar-refractivity contribution in [3.05, 3.63) is 58.1 Å². The van der Waals surface area contributed by atoms with Crippen LogP contribution in [-0.4, -0.2) is 38.9 Å². The molecule has 132 valence electrons. The molecule has 3 rings (SSSR count). The molecule has 2 aromatic rings. The van der Waals surface area contributed by atoms with E-state index in [4.69, 9.17) is 5.26 Å². The first-order chi connectivity index (χ1) is 12.5. The van der Waals surface area contributed by atoms with Gasteiger partial charge in [-0.25, -0.2) is 8.42 Å². The fraction of sp³-hybridized carbons (Fsp3) is 0.222. The quantitative estimate of drug-likeness (QED) is 0.746. The highest BCUT2D eigenvalue weighted by Crippen LogP contribution is 2.29. The van der Waals surface area contributed by atoms with Crippen molar-refractivity contribution in [2.75, 3.05) is 31.1 Å². The average Bonchev–Trinajstić information content (AvgIpc) is 2.68. The lowest BCUT2D eigenvalue weighted by Gasteiger charge is -2.36. The monoisotopic (exact) mass is 430 g/mol. The lowest BCUT2D eigenvalue weighted by atomic mass is 10.2. The summed E-state index contributed by atoms with van der Waals surface area (Å²) >= 11 is 3.47. The number of rotatable bonds is 3. The van der Waals surface area contributed by atoms with Crippen LogP contribution in [0.4, 0.5) is 5.69 Å². The van der Waals surface area contributed by atoms with Crippen molar-refractivity contribution in [2.45, 2.75) is 4.90 Å². The Bertz CT molecular complexity index is 1020. The highest BCUT2D eigenvalue weighted by atomic mass is 79.9. The van der Waals surface area contributed by atoms with Gasteiger partial charge in [0.15, 0.2) is 0 Å². The summed E-state index contributed by atoms with van der Waals surface area (Å²) in [4.78, 5) is 2.13. The second-order valence-electron chi connectivity index (χ2n) is 5.78. The number of halogens is 1. The fourth-order valence-corrected chi connectivity index (χ4v) is 5.12. The number of hydrogen-bond acceptors (Lipinski definition) is 5.